The Morgan fingerprint density at radius 3 is 0.870 bits per heavy atom. The largest absolute Gasteiger partial charge is 0.462 e. The summed E-state index contributed by atoms with van der Waals surface area (Å²) in [6.07, 6.45) is 72.2. The van der Waals surface area contributed by atoms with Gasteiger partial charge in [-0.3, -0.25) is 14.4 Å². The van der Waals surface area contributed by atoms with E-state index < -0.39 is 6.10 Å². The average Bonchev–Trinajstić information content (AvgIpc) is 3.35. The van der Waals surface area contributed by atoms with Crippen LogP contribution in [-0.2, 0) is 28.6 Å². The molecule has 0 heterocycles. The zero-order chi connectivity index (χ0) is 50.0. The molecule has 0 aliphatic carbocycles. The van der Waals surface area contributed by atoms with E-state index in [9.17, 15) is 14.4 Å². The van der Waals surface area contributed by atoms with Gasteiger partial charge in [-0.1, -0.05) is 287 Å². The van der Waals surface area contributed by atoms with E-state index in [1.165, 1.54) is 180 Å². The maximum Gasteiger partial charge on any atom is 0.306 e. The van der Waals surface area contributed by atoms with E-state index in [0.717, 1.165) is 77.0 Å². The summed E-state index contributed by atoms with van der Waals surface area (Å²) in [5, 5.41) is 0. The molecule has 0 bridgehead atoms. The summed E-state index contributed by atoms with van der Waals surface area (Å²) >= 11 is 0. The molecule has 6 heteroatoms. The lowest BCUT2D eigenvalue weighted by molar-refractivity contribution is -0.167. The molecular weight excluding hydrogens is 853 g/mol. The molecule has 69 heavy (non-hydrogen) atoms. The number of esters is 3. The Kier molecular flexibility index (Phi) is 55.3. The number of hydrogen-bond acceptors (Lipinski definition) is 6. The van der Waals surface area contributed by atoms with Gasteiger partial charge in [-0.05, 0) is 57.8 Å². The number of unbranched alkanes of at least 4 members (excludes halogenated alkanes) is 33. The molecule has 0 saturated carbocycles. The third kappa shape index (κ3) is 55.9. The number of carbonyl (C=O) groups excluding carboxylic acids is 3. The van der Waals surface area contributed by atoms with Crippen LogP contribution in [0, 0.1) is 0 Å². The molecule has 0 fully saturated rings. The maximum absolute atomic E-state index is 12.8. The van der Waals surface area contributed by atoms with Crippen LogP contribution >= 0.6 is 0 Å². The van der Waals surface area contributed by atoms with E-state index in [1.807, 2.05) is 0 Å². The predicted molar refractivity (Wildman–Crippen MR) is 298 cm³/mol. The van der Waals surface area contributed by atoms with Crippen molar-refractivity contribution in [3.8, 4) is 0 Å². The highest BCUT2D eigenvalue weighted by molar-refractivity contribution is 5.71. The minimum atomic E-state index is -0.801. The Balaban J connectivity index is 4.39. The van der Waals surface area contributed by atoms with Gasteiger partial charge in [0.1, 0.15) is 13.2 Å². The van der Waals surface area contributed by atoms with Gasteiger partial charge in [0, 0.05) is 19.3 Å². The molecule has 0 amide bonds. The second kappa shape index (κ2) is 57.7. The summed E-state index contributed by atoms with van der Waals surface area (Å²) in [6.45, 7) is 6.52. The smallest absolute Gasteiger partial charge is 0.306 e. The molecular formula is C63H112O6. The van der Waals surface area contributed by atoms with Crippen molar-refractivity contribution in [1.29, 1.82) is 0 Å². The van der Waals surface area contributed by atoms with Gasteiger partial charge in [0.2, 0.25) is 0 Å². The van der Waals surface area contributed by atoms with Gasteiger partial charge < -0.3 is 14.2 Å². The topological polar surface area (TPSA) is 78.9 Å². The van der Waals surface area contributed by atoms with E-state index in [2.05, 4.69) is 81.5 Å². The van der Waals surface area contributed by atoms with Crippen LogP contribution in [0.25, 0.3) is 0 Å². The Labute approximate surface area is 428 Å². The third-order valence-corrected chi connectivity index (χ3v) is 13.0. The van der Waals surface area contributed by atoms with Crippen LogP contribution in [0.1, 0.15) is 303 Å². The van der Waals surface area contributed by atoms with Crippen molar-refractivity contribution in [1.82, 2.24) is 0 Å². The first-order chi connectivity index (χ1) is 34.0. The summed E-state index contributed by atoms with van der Waals surface area (Å²) in [5.74, 6) is -0.935. The lowest BCUT2D eigenvalue weighted by Crippen LogP contribution is -2.30. The highest BCUT2D eigenvalue weighted by Gasteiger charge is 2.19. The van der Waals surface area contributed by atoms with Gasteiger partial charge in [-0.15, -0.1) is 0 Å². The lowest BCUT2D eigenvalue weighted by Gasteiger charge is -2.18. The first kappa shape index (κ1) is 66.1. The molecule has 0 N–H and O–H groups in total. The maximum atomic E-state index is 12.8. The fourth-order valence-electron chi connectivity index (χ4n) is 8.60. The molecule has 6 nitrogen and oxygen atoms in total. The van der Waals surface area contributed by atoms with Crippen LogP contribution in [0.4, 0.5) is 0 Å². The fraction of sp³-hybridized carbons (Fsp3) is 0.794. The Morgan fingerprint density at radius 1 is 0.304 bits per heavy atom. The van der Waals surface area contributed by atoms with Crippen molar-refractivity contribution in [3.05, 3.63) is 60.8 Å². The molecule has 0 aliphatic rings. The second-order valence-corrected chi connectivity index (χ2v) is 19.9. The Bertz CT molecular complexity index is 1250. The van der Waals surface area contributed by atoms with Crippen molar-refractivity contribution in [2.45, 2.75) is 309 Å². The highest BCUT2D eigenvalue weighted by Crippen LogP contribution is 2.17. The van der Waals surface area contributed by atoms with Gasteiger partial charge in [0.15, 0.2) is 6.10 Å². The number of carbonyl (C=O) groups is 3. The molecule has 0 aromatic heterocycles. The van der Waals surface area contributed by atoms with Gasteiger partial charge in [0.05, 0.1) is 0 Å². The van der Waals surface area contributed by atoms with E-state index >= 15 is 0 Å². The van der Waals surface area contributed by atoms with Gasteiger partial charge >= 0.3 is 17.9 Å². The Hall–Kier alpha value is -2.89. The summed E-state index contributed by atoms with van der Waals surface area (Å²) < 4.78 is 16.8. The van der Waals surface area contributed by atoms with E-state index in [0.29, 0.717) is 19.3 Å². The molecule has 1 atom stereocenters. The van der Waals surface area contributed by atoms with Crippen molar-refractivity contribution in [2.24, 2.45) is 0 Å². The van der Waals surface area contributed by atoms with Crippen LogP contribution in [-0.4, -0.2) is 37.2 Å². The normalized spacial score (nSPS) is 12.4. The lowest BCUT2D eigenvalue weighted by atomic mass is 10.0. The van der Waals surface area contributed by atoms with Crippen molar-refractivity contribution >= 4 is 17.9 Å². The number of allylic oxidation sites excluding steroid dienone is 10. The molecule has 0 aromatic carbocycles. The zero-order valence-corrected chi connectivity index (χ0v) is 45.8. The molecule has 0 rings (SSSR count). The fourth-order valence-corrected chi connectivity index (χ4v) is 8.60. The Morgan fingerprint density at radius 2 is 0.565 bits per heavy atom. The van der Waals surface area contributed by atoms with E-state index in [1.54, 1.807) is 0 Å². The first-order valence-electron chi connectivity index (χ1n) is 29.8. The van der Waals surface area contributed by atoms with Gasteiger partial charge in [-0.25, -0.2) is 0 Å². The third-order valence-electron chi connectivity index (χ3n) is 13.0. The quantitative estimate of drug-likeness (QED) is 0.0262. The second-order valence-electron chi connectivity index (χ2n) is 19.9. The number of ether oxygens (including phenoxy) is 3. The van der Waals surface area contributed by atoms with Crippen molar-refractivity contribution in [2.75, 3.05) is 13.2 Å². The summed E-state index contributed by atoms with van der Waals surface area (Å²) in [4.78, 5) is 38.2. The number of rotatable bonds is 54. The van der Waals surface area contributed by atoms with Crippen molar-refractivity contribution in [3.63, 3.8) is 0 Å². The molecule has 0 aliphatic heterocycles. The predicted octanol–water partition coefficient (Wildman–Crippen LogP) is 20.0. The standard InChI is InChI=1S/C63H112O6/c1-4-7-10-13-16-19-22-25-28-30-31-32-34-35-38-41-44-47-50-53-56-62(65)68-59-60(58-67-61(64)55-52-49-46-43-40-37-27-24-21-18-15-12-9-6-3)69-63(66)57-54-51-48-45-42-39-36-33-29-26-23-20-17-14-11-8-5-2/h8,11,17,20,26,29,36,39,45,48,60H,4-7,9-10,12-16,18-19,21-25,27-28,30-35,37-38,40-44,46-47,49-59H2,1-3H3/b11-8-,20-17-,29-26-,39-36-,48-45-. The summed E-state index contributed by atoms with van der Waals surface area (Å²) in [6, 6.07) is 0. The minimum absolute atomic E-state index is 0.0926. The highest BCUT2D eigenvalue weighted by atomic mass is 16.6. The van der Waals surface area contributed by atoms with Crippen molar-refractivity contribution < 1.29 is 28.6 Å². The average molecular weight is 966 g/mol. The van der Waals surface area contributed by atoms with E-state index in [4.69, 9.17) is 14.2 Å². The zero-order valence-electron chi connectivity index (χ0n) is 45.8. The first-order valence-corrected chi connectivity index (χ1v) is 29.8. The summed E-state index contributed by atoms with van der Waals surface area (Å²) in [5.41, 5.74) is 0. The molecule has 0 aromatic rings. The van der Waals surface area contributed by atoms with Gasteiger partial charge in [0.25, 0.3) is 0 Å². The van der Waals surface area contributed by atoms with Gasteiger partial charge in [-0.2, -0.15) is 0 Å². The summed E-state index contributed by atoms with van der Waals surface area (Å²) in [7, 11) is 0. The SMILES string of the molecule is CC/C=C\C/C=C\C/C=C\C/C=C\C/C=C\CCCC(=O)OC(COC(=O)CCCCCCCCCCCCCCCC)COC(=O)CCCCCCCCCCCCCCCCCCCCCC. The molecule has 0 saturated heterocycles. The van der Waals surface area contributed by atoms with Crippen LogP contribution < -0.4 is 0 Å². The van der Waals surface area contributed by atoms with E-state index in [-0.39, 0.29) is 37.5 Å². The molecule has 0 radical (unpaired) electrons. The monoisotopic (exact) mass is 965 g/mol. The molecule has 0 spiro atoms. The molecule has 1 unspecified atom stereocenters. The number of hydrogen-bond donors (Lipinski definition) is 0. The minimum Gasteiger partial charge on any atom is -0.462 e. The van der Waals surface area contributed by atoms with Crippen LogP contribution in [0.5, 0.6) is 0 Å². The van der Waals surface area contributed by atoms with Crippen LogP contribution in [0.2, 0.25) is 0 Å². The molecule has 400 valence electrons. The van der Waals surface area contributed by atoms with Crippen LogP contribution in [0.3, 0.4) is 0 Å². The van der Waals surface area contributed by atoms with Crippen LogP contribution in [0.15, 0.2) is 60.8 Å².